The van der Waals surface area contributed by atoms with E-state index in [9.17, 15) is 22.8 Å². The summed E-state index contributed by atoms with van der Waals surface area (Å²) in [7, 11) is 0. The van der Waals surface area contributed by atoms with Crippen LogP contribution in [0.1, 0.15) is 17.6 Å². The van der Waals surface area contributed by atoms with Gasteiger partial charge in [-0.25, -0.2) is 22.9 Å². The van der Waals surface area contributed by atoms with Crippen molar-refractivity contribution in [3.8, 4) is 22.7 Å². The number of carbonyl (C=O) groups excluding carboxylic acids is 1. The Bertz CT molecular complexity index is 1700. The molecule has 0 saturated carbocycles. The molecule has 2 N–H and O–H groups in total. The lowest BCUT2D eigenvalue weighted by Crippen LogP contribution is -2.30. The van der Waals surface area contributed by atoms with Crippen LogP contribution in [0.15, 0.2) is 69.9 Å². The number of imidazole rings is 1. The Kier molecular flexibility index (Phi) is 5.84. The predicted octanol–water partition coefficient (Wildman–Crippen LogP) is 4.70. The molecule has 192 valence electrons. The summed E-state index contributed by atoms with van der Waals surface area (Å²) >= 11 is 0. The maximum atomic E-state index is 13.9. The summed E-state index contributed by atoms with van der Waals surface area (Å²) in [6.07, 6.45) is -0.533. The summed E-state index contributed by atoms with van der Waals surface area (Å²) in [5.41, 5.74) is 2.66. The minimum Gasteiger partial charge on any atom is -0.436 e. The van der Waals surface area contributed by atoms with Gasteiger partial charge in [0.15, 0.2) is 12.0 Å². The second-order valence-corrected chi connectivity index (χ2v) is 8.86. The van der Waals surface area contributed by atoms with E-state index in [1.54, 1.807) is 6.07 Å². The standard InChI is InChI=1S/C27H19F3N4O4/c28-17-4-2-15(3-5-17)23-24(38-25(33-23)16-10-18(29)12-19(30)11-16)26-34(22(35)13-37-26)8-7-14-1-6-20-21(9-14)32-27(36)31-20/h1-6,9-12,26H,7-8,13H2,(H2,31,32,36)/t26-/m0/s1. The lowest BCUT2D eigenvalue weighted by molar-refractivity contribution is -0.128. The number of benzene rings is 3. The van der Waals surface area contributed by atoms with E-state index < -0.39 is 23.7 Å². The Labute approximate surface area is 212 Å². The van der Waals surface area contributed by atoms with E-state index in [0.717, 1.165) is 23.8 Å². The summed E-state index contributed by atoms with van der Waals surface area (Å²) in [4.78, 5) is 35.7. The Morgan fingerprint density at radius 2 is 1.61 bits per heavy atom. The van der Waals surface area contributed by atoms with Gasteiger partial charge in [0.2, 0.25) is 5.89 Å². The molecule has 8 nitrogen and oxygen atoms in total. The molecule has 1 fully saturated rings. The quantitative estimate of drug-likeness (QED) is 0.338. The van der Waals surface area contributed by atoms with Gasteiger partial charge in [-0.2, -0.15) is 0 Å². The maximum absolute atomic E-state index is 13.9. The predicted molar refractivity (Wildman–Crippen MR) is 130 cm³/mol. The zero-order valence-electron chi connectivity index (χ0n) is 19.6. The Hall–Kier alpha value is -4.64. The fourth-order valence-electron chi connectivity index (χ4n) is 4.51. The van der Waals surface area contributed by atoms with Crippen LogP contribution in [0, 0.1) is 17.5 Å². The molecule has 1 amide bonds. The highest BCUT2D eigenvalue weighted by molar-refractivity contribution is 5.80. The van der Waals surface area contributed by atoms with Crippen molar-refractivity contribution in [2.45, 2.75) is 12.6 Å². The number of ether oxygens (including phenoxy) is 1. The number of rotatable bonds is 6. The first-order valence-electron chi connectivity index (χ1n) is 11.7. The minimum atomic E-state index is -0.974. The molecule has 0 bridgehead atoms. The van der Waals surface area contributed by atoms with Crippen LogP contribution >= 0.6 is 0 Å². The Morgan fingerprint density at radius 1 is 0.868 bits per heavy atom. The molecule has 3 heterocycles. The van der Waals surface area contributed by atoms with Gasteiger partial charge in [-0.05, 0) is 60.5 Å². The van der Waals surface area contributed by atoms with Gasteiger partial charge in [0.05, 0.1) is 11.0 Å². The van der Waals surface area contributed by atoms with Crippen molar-refractivity contribution >= 4 is 16.9 Å². The van der Waals surface area contributed by atoms with Crippen LogP contribution in [-0.2, 0) is 16.0 Å². The average molecular weight is 520 g/mol. The third-order valence-corrected chi connectivity index (χ3v) is 6.29. The molecule has 6 rings (SSSR count). The molecule has 2 aromatic heterocycles. The zero-order chi connectivity index (χ0) is 26.4. The number of amides is 1. The summed E-state index contributed by atoms with van der Waals surface area (Å²) in [5, 5.41) is 0. The topological polar surface area (TPSA) is 104 Å². The van der Waals surface area contributed by atoms with Crippen molar-refractivity contribution in [3.63, 3.8) is 0 Å². The van der Waals surface area contributed by atoms with Crippen molar-refractivity contribution in [2.24, 2.45) is 0 Å². The Balaban J connectivity index is 1.36. The number of oxazole rings is 1. The number of halogens is 3. The Morgan fingerprint density at radius 3 is 2.37 bits per heavy atom. The molecule has 1 aliphatic heterocycles. The van der Waals surface area contributed by atoms with Gasteiger partial charge in [0.1, 0.15) is 29.8 Å². The highest BCUT2D eigenvalue weighted by Gasteiger charge is 2.38. The normalized spacial score (nSPS) is 15.6. The number of aromatic nitrogens is 3. The van der Waals surface area contributed by atoms with Gasteiger partial charge >= 0.3 is 5.69 Å². The van der Waals surface area contributed by atoms with E-state index in [-0.39, 0.29) is 47.7 Å². The molecule has 38 heavy (non-hydrogen) atoms. The van der Waals surface area contributed by atoms with Gasteiger partial charge in [-0.15, -0.1) is 0 Å². The molecule has 0 aliphatic carbocycles. The fraction of sp³-hybridized carbons (Fsp3) is 0.148. The first-order chi connectivity index (χ1) is 18.3. The van der Waals surface area contributed by atoms with E-state index >= 15 is 0 Å². The maximum Gasteiger partial charge on any atom is 0.323 e. The molecule has 1 atom stereocenters. The number of carbonyl (C=O) groups is 1. The SMILES string of the molecule is O=C1CO[C@@H](c2oc(-c3cc(F)cc(F)c3)nc2-c2ccc(F)cc2)N1CCc1ccc2[nH]c(=O)[nH]c2c1. The number of aromatic amines is 2. The molecule has 1 saturated heterocycles. The first-order valence-corrected chi connectivity index (χ1v) is 11.7. The van der Waals surface area contributed by atoms with Gasteiger partial charge in [0.25, 0.3) is 5.91 Å². The smallest absolute Gasteiger partial charge is 0.323 e. The summed E-state index contributed by atoms with van der Waals surface area (Å²) in [6.45, 7) is 0.0411. The minimum absolute atomic E-state index is 0.0572. The number of fused-ring (bicyclic) bond motifs is 1. The van der Waals surface area contributed by atoms with E-state index in [0.29, 0.717) is 23.0 Å². The van der Waals surface area contributed by atoms with E-state index in [2.05, 4.69) is 15.0 Å². The van der Waals surface area contributed by atoms with Gasteiger partial charge in [-0.1, -0.05) is 6.07 Å². The molecule has 3 aromatic carbocycles. The van der Waals surface area contributed by atoms with Crippen molar-refractivity contribution in [1.29, 1.82) is 0 Å². The molecule has 0 unspecified atom stereocenters. The number of nitrogens with one attached hydrogen (secondary N) is 2. The van der Waals surface area contributed by atoms with Gasteiger partial charge < -0.3 is 24.0 Å². The number of nitrogens with zero attached hydrogens (tertiary/aromatic N) is 2. The van der Waals surface area contributed by atoms with Crippen molar-refractivity contribution < 1.29 is 27.1 Å². The van der Waals surface area contributed by atoms with E-state index in [1.807, 2.05) is 12.1 Å². The van der Waals surface area contributed by atoms with E-state index in [1.165, 1.54) is 29.2 Å². The highest BCUT2D eigenvalue weighted by Crippen LogP contribution is 2.38. The van der Waals surface area contributed by atoms with Crippen LogP contribution in [0.4, 0.5) is 13.2 Å². The van der Waals surface area contributed by atoms with Crippen LogP contribution in [0.5, 0.6) is 0 Å². The van der Waals surface area contributed by atoms with Gasteiger partial charge in [0, 0.05) is 23.7 Å². The monoisotopic (exact) mass is 520 g/mol. The first kappa shape index (κ1) is 23.7. The lowest BCUT2D eigenvalue weighted by atomic mass is 10.1. The molecule has 0 spiro atoms. The third kappa shape index (κ3) is 4.48. The summed E-state index contributed by atoms with van der Waals surface area (Å²) in [5.74, 6) is -2.29. The molecule has 5 aromatic rings. The molecular weight excluding hydrogens is 501 g/mol. The summed E-state index contributed by atoms with van der Waals surface area (Å²) < 4.78 is 53.2. The van der Waals surface area contributed by atoms with Gasteiger partial charge in [-0.3, -0.25) is 4.79 Å². The average Bonchev–Trinajstić information content (AvgIpc) is 3.58. The second kappa shape index (κ2) is 9.34. The second-order valence-electron chi connectivity index (χ2n) is 8.86. The molecular formula is C27H19F3N4O4. The van der Waals surface area contributed by atoms with Crippen molar-refractivity contribution in [3.05, 3.63) is 99.9 Å². The lowest BCUT2D eigenvalue weighted by Gasteiger charge is -2.22. The largest absolute Gasteiger partial charge is 0.436 e. The number of hydrogen-bond donors (Lipinski definition) is 2. The molecule has 1 aliphatic rings. The van der Waals surface area contributed by atoms with Crippen molar-refractivity contribution in [2.75, 3.05) is 13.2 Å². The number of hydrogen-bond acceptors (Lipinski definition) is 5. The van der Waals surface area contributed by atoms with Crippen molar-refractivity contribution in [1.82, 2.24) is 19.9 Å². The highest BCUT2D eigenvalue weighted by atomic mass is 19.1. The summed E-state index contributed by atoms with van der Waals surface area (Å²) in [6, 6.07) is 13.8. The van der Waals surface area contributed by atoms with Crippen LogP contribution in [0.3, 0.4) is 0 Å². The number of H-pyrrole nitrogens is 2. The van der Waals surface area contributed by atoms with E-state index in [4.69, 9.17) is 9.15 Å². The third-order valence-electron chi connectivity index (χ3n) is 6.29. The molecule has 11 heteroatoms. The van der Waals surface area contributed by atoms with Crippen LogP contribution in [-0.4, -0.2) is 38.9 Å². The zero-order valence-corrected chi connectivity index (χ0v) is 19.6. The fourth-order valence-corrected chi connectivity index (χ4v) is 4.51. The van der Waals surface area contributed by atoms with Crippen LogP contribution < -0.4 is 5.69 Å². The molecule has 0 radical (unpaired) electrons. The van der Waals surface area contributed by atoms with Crippen LogP contribution in [0.2, 0.25) is 0 Å². The van der Waals surface area contributed by atoms with Crippen LogP contribution in [0.25, 0.3) is 33.7 Å².